The number of aromatic nitrogens is 2. The molecule has 1 saturated carbocycles. The molecule has 0 N–H and O–H groups in total. The number of allylic oxidation sites excluding steroid dienone is 1. The predicted octanol–water partition coefficient (Wildman–Crippen LogP) is 7.56. The predicted molar refractivity (Wildman–Crippen MR) is 143 cm³/mol. The van der Waals surface area contributed by atoms with Crippen LogP contribution in [0.1, 0.15) is 47.8 Å². The van der Waals surface area contributed by atoms with Crippen molar-refractivity contribution < 1.29 is 18.0 Å². The highest BCUT2D eigenvalue weighted by Crippen LogP contribution is 2.44. The Hall–Kier alpha value is -2.72. The molecule has 0 saturated heterocycles. The van der Waals surface area contributed by atoms with E-state index in [4.69, 9.17) is 5.10 Å². The molecule has 1 aliphatic carbocycles. The molecule has 1 fully saturated rings. The van der Waals surface area contributed by atoms with Gasteiger partial charge in [-0.25, -0.2) is 5.01 Å². The number of hydrogen-bond acceptors (Lipinski definition) is 3. The van der Waals surface area contributed by atoms with Gasteiger partial charge in [0.1, 0.15) is 6.54 Å². The first kappa shape index (κ1) is 25.9. The molecule has 192 valence electrons. The molecule has 1 aliphatic heterocycles. The van der Waals surface area contributed by atoms with Crippen LogP contribution in [0.15, 0.2) is 74.2 Å². The molecule has 5 nitrogen and oxygen atoms in total. The number of benzene rings is 2. The van der Waals surface area contributed by atoms with Crippen LogP contribution in [0.5, 0.6) is 0 Å². The molecule has 1 aromatic heterocycles. The van der Waals surface area contributed by atoms with Crippen LogP contribution in [0, 0.1) is 12.8 Å². The summed E-state index contributed by atoms with van der Waals surface area (Å²) in [5.74, 6) is -0.414. The minimum atomic E-state index is -4.57. The van der Waals surface area contributed by atoms with E-state index in [1.165, 1.54) is 11.9 Å². The molecule has 2 atom stereocenters. The molecular formula is C27H23Br2F3N4O. The van der Waals surface area contributed by atoms with Crippen molar-refractivity contribution in [2.24, 2.45) is 11.0 Å². The first-order valence-electron chi connectivity index (χ1n) is 11.8. The van der Waals surface area contributed by atoms with Crippen LogP contribution in [-0.4, -0.2) is 26.4 Å². The topological polar surface area (TPSA) is 50.5 Å². The van der Waals surface area contributed by atoms with Crippen molar-refractivity contribution in [1.82, 2.24) is 14.8 Å². The van der Waals surface area contributed by atoms with Crippen LogP contribution >= 0.6 is 31.9 Å². The molecule has 2 aliphatic rings. The van der Waals surface area contributed by atoms with E-state index in [0.717, 1.165) is 61.4 Å². The number of carbonyl (C=O) groups excluding carboxylic acids is 1. The van der Waals surface area contributed by atoms with Gasteiger partial charge in [-0.3, -0.25) is 9.48 Å². The van der Waals surface area contributed by atoms with Crippen molar-refractivity contribution in [3.8, 4) is 0 Å². The van der Waals surface area contributed by atoms with Gasteiger partial charge in [-0.05, 0) is 79.3 Å². The molecule has 10 heteroatoms. The maximum absolute atomic E-state index is 13.6. The van der Waals surface area contributed by atoms with Gasteiger partial charge < -0.3 is 0 Å². The molecule has 3 aromatic rings. The van der Waals surface area contributed by atoms with Gasteiger partial charge in [-0.15, -0.1) is 0 Å². The van der Waals surface area contributed by atoms with Gasteiger partial charge in [-0.2, -0.15) is 23.4 Å². The van der Waals surface area contributed by atoms with E-state index in [-0.39, 0.29) is 24.2 Å². The zero-order chi connectivity index (χ0) is 26.3. The van der Waals surface area contributed by atoms with Crippen LogP contribution < -0.4 is 0 Å². The lowest BCUT2D eigenvalue weighted by atomic mass is 9.77. The molecule has 0 radical (unpaired) electrons. The van der Waals surface area contributed by atoms with Crippen LogP contribution in [0.3, 0.4) is 0 Å². The lowest BCUT2D eigenvalue weighted by molar-refractivity contribution is -0.142. The van der Waals surface area contributed by atoms with Gasteiger partial charge in [0.25, 0.3) is 5.91 Å². The van der Waals surface area contributed by atoms with Gasteiger partial charge in [0.15, 0.2) is 5.69 Å². The summed E-state index contributed by atoms with van der Waals surface area (Å²) in [5, 5.41) is 9.92. The molecular weight excluding hydrogens is 613 g/mol. The summed E-state index contributed by atoms with van der Waals surface area (Å²) in [6.07, 6.45) is 0.188. The number of aryl methyl sites for hydroxylation is 1. The Kier molecular flexibility index (Phi) is 7.15. The minimum absolute atomic E-state index is 0.00923. The molecule has 5 rings (SSSR count). The second kappa shape index (κ2) is 10.2. The largest absolute Gasteiger partial charge is 0.435 e. The van der Waals surface area contributed by atoms with Gasteiger partial charge in [0.2, 0.25) is 0 Å². The second-order valence-electron chi connectivity index (χ2n) is 9.27. The lowest BCUT2D eigenvalue weighted by Gasteiger charge is -2.29. The van der Waals surface area contributed by atoms with E-state index < -0.39 is 17.8 Å². The van der Waals surface area contributed by atoms with Crippen LogP contribution in [-0.2, 0) is 17.5 Å². The molecule has 0 spiro atoms. The fraction of sp³-hybridized carbons (Fsp3) is 0.296. The Labute approximate surface area is 229 Å². The summed E-state index contributed by atoms with van der Waals surface area (Å²) in [4.78, 5) is 13.6. The zero-order valence-electron chi connectivity index (χ0n) is 19.8. The van der Waals surface area contributed by atoms with Crippen LogP contribution in [0.4, 0.5) is 13.2 Å². The van der Waals surface area contributed by atoms with E-state index in [0.29, 0.717) is 0 Å². The average molecular weight is 636 g/mol. The quantitative estimate of drug-likeness (QED) is 0.297. The van der Waals surface area contributed by atoms with Gasteiger partial charge >= 0.3 is 6.18 Å². The number of halogens is 5. The number of carbonyl (C=O) groups is 1. The van der Waals surface area contributed by atoms with Crippen LogP contribution in [0.2, 0.25) is 0 Å². The monoisotopic (exact) mass is 634 g/mol. The molecule has 2 aromatic carbocycles. The Balaban J connectivity index is 1.51. The Bertz CT molecular complexity index is 1380. The minimum Gasteiger partial charge on any atom is -0.271 e. The number of fused-ring (bicyclic) bond motifs is 1. The molecule has 1 amide bonds. The number of amides is 1. The number of hydrogen-bond donors (Lipinski definition) is 0. The standard InChI is InChI=1S/C27H23Br2F3N4O/c1-16-13-23(27(30,31)32)33-35(16)15-24(37)36-26(18-7-11-21(29)12-8-18)22-4-2-3-19(25(22)34-36)14-17-5-9-20(28)10-6-17/h5-14,22,26H,2-4,15H2,1H3/b19-14+/t22-,26+/m0/s1. The highest BCUT2D eigenvalue weighted by Gasteiger charge is 2.44. The molecule has 0 unspecified atom stereocenters. The molecule has 37 heavy (non-hydrogen) atoms. The Morgan fingerprint density at radius 1 is 1.08 bits per heavy atom. The third-order valence-electron chi connectivity index (χ3n) is 6.74. The van der Waals surface area contributed by atoms with Crippen molar-refractivity contribution in [2.45, 2.75) is 44.9 Å². The fourth-order valence-corrected chi connectivity index (χ4v) is 5.50. The number of alkyl halides is 3. The Morgan fingerprint density at radius 2 is 1.73 bits per heavy atom. The number of nitrogens with zero attached hydrogens (tertiary/aromatic N) is 4. The summed E-state index contributed by atoms with van der Waals surface area (Å²) in [7, 11) is 0. The van der Waals surface area contributed by atoms with Crippen molar-refractivity contribution in [1.29, 1.82) is 0 Å². The van der Waals surface area contributed by atoms with Gasteiger partial charge in [0.05, 0.1) is 11.8 Å². The maximum atomic E-state index is 13.6. The van der Waals surface area contributed by atoms with Gasteiger partial charge in [-0.1, -0.05) is 56.1 Å². The van der Waals surface area contributed by atoms with Crippen LogP contribution in [0.25, 0.3) is 6.08 Å². The SMILES string of the molecule is Cc1cc(C(F)(F)F)nn1CC(=O)N1N=C2/C(=C/c3ccc(Br)cc3)CCC[C@@H]2[C@H]1c1ccc(Br)cc1. The summed E-state index contributed by atoms with van der Waals surface area (Å²) in [6, 6.07) is 16.4. The lowest BCUT2D eigenvalue weighted by Crippen LogP contribution is -2.34. The second-order valence-corrected chi connectivity index (χ2v) is 11.1. The third kappa shape index (κ3) is 5.45. The van der Waals surface area contributed by atoms with Crippen molar-refractivity contribution in [3.63, 3.8) is 0 Å². The van der Waals surface area contributed by atoms with E-state index in [9.17, 15) is 18.0 Å². The summed E-state index contributed by atoms with van der Waals surface area (Å²) in [5.41, 5.74) is 3.16. The highest BCUT2D eigenvalue weighted by atomic mass is 79.9. The summed E-state index contributed by atoms with van der Waals surface area (Å²) < 4.78 is 42.5. The average Bonchev–Trinajstić information content (AvgIpc) is 3.43. The maximum Gasteiger partial charge on any atom is 0.435 e. The highest BCUT2D eigenvalue weighted by molar-refractivity contribution is 9.10. The normalized spacial score (nSPS) is 20.8. The van der Waals surface area contributed by atoms with E-state index in [1.54, 1.807) is 0 Å². The Morgan fingerprint density at radius 3 is 2.35 bits per heavy atom. The van der Waals surface area contributed by atoms with E-state index in [2.05, 4.69) is 43.0 Å². The van der Waals surface area contributed by atoms with Crippen molar-refractivity contribution >= 4 is 49.6 Å². The summed E-state index contributed by atoms with van der Waals surface area (Å²) in [6.45, 7) is 1.18. The first-order valence-corrected chi connectivity index (χ1v) is 13.4. The number of rotatable bonds is 4. The zero-order valence-corrected chi connectivity index (χ0v) is 23.0. The van der Waals surface area contributed by atoms with Crippen molar-refractivity contribution in [2.75, 3.05) is 0 Å². The molecule has 2 heterocycles. The fourth-order valence-electron chi connectivity index (χ4n) is 4.97. The number of hydrazone groups is 1. The van der Waals surface area contributed by atoms with Crippen molar-refractivity contribution in [3.05, 3.63) is 91.6 Å². The van der Waals surface area contributed by atoms with E-state index >= 15 is 0 Å². The smallest absolute Gasteiger partial charge is 0.271 e. The summed E-state index contributed by atoms with van der Waals surface area (Å²) >= 11 is 6.93. The first-order chi connectivity index (χ1) is 17.6. The van der Waals surface area contributed by atoms with Gasteiger partial charge in [0, 0.05) is 20.6 Å². The molecule has 0 bridgehead atoms. The van der Waals surface area contributed by atoms with E-state index in [1.807, 2.05) is 48.5 Å². The third-order valence-corrected chi connectivity index (χ3v) is 7.79.